The van der Waals surface area contributed by atoms with Crippen molar-refractivity contribution in [1.29, 1.82) is 0 Å². The lowest BCUT2D eigenvalue weighted by atomic mass is 10.1. The Labute approximate surface area is 104 Å². The molecular formula is C11H15N3O4. The van der Waals surface area contributed by atoms with E-state index in [0.29, 0.717) is 0 Å². The summed E-state index contributed by atoms with van der Waals surface area (Å²) in [6.07, 6.45) is 3.21. The molecule has 1 aliphatic rings. The van der Waals surface area contributed by atoms with Crippen molar-refractivity contribution in [2.45, 2.75) is 19.3 Å². The van der Waals surface area contributed by atoms with Gasteiger partial charge in [0.1, 0.15) is 5.69 Å². The third kappa shape index (κ3) is 2.99. The van der Waals surface area contributed by atoms with Crippen molar-refractivity contribution < 1.29 is 19.4 Å². The number of hydrogen-bond donors (Lipinski definition) is 2. The Hall–Kier alpha value is -2.05. The van der Waals surface area contributed by atoms with Crippen molar-refractivity contribution in [2.24, 2.45) is 0 Å². The molecule has 1 saturated heterocycles. The van der Waals surface area contributed by atoms with E-state index in [9.17, 15) is 9.59 Å². The Balaban J connectivity index is 1.82. The Bertz CT molecular complexity index is 437. The van der Waals surface area contributed by atoms with E-state index in [-0.39, 0.29) is 24.1 Å². The van der Waals surface area contributed by atoms with Crippen LogP contribution in [0.3, 0.4) is 0 Å². The van der Waals surface area contributed by atoms with Gasteiger partial charge in [-0.05, 0) is 19.3 Å². The second-order valence-corrected chi connectivity index (χ2v) is 4.16. The molecule has 0 unspecified atom stereocenters. The molecule has 7 heteroatoms. The van der Waals surface area contributed by atoms with Crippen LogP contribution in [0.25, 0.3) is 0 Å². The van der Waals surface area contributed by atoms with Gasteiger partial charge in [0.05, 0.1) is 0 Å². The minimum atomic E-state index is -1.11. The van der Waals surface area contributed by atoms with E-state index in [4.69, 9.17) is 9.84 Å². The molecule has 7 nitrogen and oxygen atoms in total. The van der Waals surface area contributed by atoms with Gasteiger partial charge in [-0.2, -0.15) is 0 Å². The molecule has 1 aromatic heterocycles. The minimum absolute atomic E-state index is 0.0598. The first-order valence-electron chi connectivity index (χ1n) is 5.86. The van der Waals surface area contributed by atoms with Gasteiger partial charge in [0.2, 0.25) is 5.88 Å². The second-order valence-electron chi connectivity index (χ2n) is 4.16. The van der Waals surface area contributed by atoms with Gasteiger partial charge in [0.25, 0.3) is 5.91 Å². The molecule has 2 rings (SSSR count). The number of carboxylic acids is 1. The summed E-state index contributed by atoms with van der Waals surface area (Å²) in [5, 5.41) is 14.6. The van der Waals surface area contributed by atoms with Crippen LogP contribution >= 0.6 is 0 Å². The van der Waals surface area contributed by atoms with E-state index in [2.05, 4.69) is 10.2 Å². The molecule has 2 N–H and O–H groups in total. The summed E-state index contributed by atoms with van der Waals surface area (Å²) in [4.78, 5) is 24.1. The Kier molecular flexibility index (Phi) is 3.81. The van der Waals surface area contributed by atoms with Crippen LogP contribution in [0.1, 0.15) is 29.8 Å². The van der Waals surface area contributed by atoms with E-state index in [1.165, 1.54) is 6.07 Å². The van der Waals surface area contributed by atoms with Crippen LogP contribution in [0.4, 0.5) is 0 Å². The lowest BCUT2D eigenvalue weighted by Crippen LogP contribution is -2.38. The zero-order chi connectivity index (χ0) is 13.0. The van der Waals surface area contributed by atoms with Gasteiger partial charge < -0.3 is 14.7 Å². The third-order valence-corrected chi connectivity index (χ3v) is 2.84. The van der Waals surface area contributed by atoms with Crippen molar-refractivity contribution in [1.82, 2.24) is 15.1 Å². The summed E-state index contributed by atoms with van der Waals surface area (Å²) in [6.45, 7) is 1.43. The maximum absolute atomic E-state index is 11.8. The number of carbonyl (C=O) groups excluding carboxylic acids is 1. The van der Waals surface area contributed by atoms with Crippen molar-refractivity contribution in [3.05, 3.63) is 11.8 Å². The number of ether oxygens (including phenoxy) is 1. The summed E-state index contributed by atoms with van der Waals surface area (Å²) in [6, 6.07) is 1.26. The maximum Gasteiger partial charge on any atom is 0.354 e. The summed E-state index contributed by atoms with van der Waals surface area (Å²) in [5.74, 6) is -1.08. The highest BCUT2D eigenvalue weighted by molar-refractivity contribution is 5.85. The van der Waals surface area contributed by atoms with E-state index in [1.54, 1.807) is 4.90 Å². The van der Waals surface area contributed by atoms with Crippen molar-refractivity contribution in [3.63, 3.8) is 0 Å². The largest absolute Gasteiger partial charge is 0.477 e. The summed E-state index contributed by atoms with van der Waals surface area (Å²) >= 11 is 0. The van der Waals surface area contributed by atoms with Crippen LogP contribution in [0, 0.1) is 0 Å². The summed E-state index contributed by atoms with van der Waals surface area (Å²) in [5.41, 5.74) is -0.0598. The zero-order valence-corrected chi connectivity index (χ0v) is 9.89. The second kappa shape index (κ2) is 5.52. The average Bonchev–Trinajstić information content (AvgIpc) is 2.86. The topological polar surface area (TPSA) is 95.5 Å². The summed E-state index contributed by atoms with van der Waals surface area (Å²) in [7, 11) is 0. The molecule has 18 heavy (non-hydrogen) atoms. The first-order chi connectivity index (χ1) is 8.66. The number of nitrogens with one attached hydrogen (secondary N) is 1. The summed E-state index contributed by atoms with van der Waals surface area (Å²) < 4.78 is 5.15. The first kappa shape index (κ1) is 12.4. The highest BCUT2D eigenvalue weighted by Gasteiger charge is 2.17. The standard InChI is InChI=1S/C11H15N3O4/c15-10(14-4-2-1-3-5-14)7-18-9-6-8(11(16)17)12-13-9/h6H,1-5,7H2,(H,12,13)(H,16,17). The van der Waals surface area contributed by atoms with Crippen LogP contribution in [0.2, 0.25) is 0 Å². The van der Waals surface area contributed by atoms with Gasteiger partial charge in [-0.15, -0.1) is 5.10 Å². The Morgan fingerprint density at radius 3 is 2.72 bits per heavy atom. The molecule has 0 aliphatic carbocycles. The lowest BCUT2D eigenvalue weighted by Gasteiger charge is -2.26. The molecule has 0 radical (unpaired) electrons. The zero-order valence-electron chi connectivity index (χ0n) is 9.89. The molecule has 2 heterocycles. The monoisotopic (exact) mass is 253 g/mol. The number of aromatic carboxylic acids is 1. The highest BCUT2D eigenvalue weighted by Crippen LogP contribution is 2.11. The molecule has 1 fully saturated rings. The number of aromatic nitrogens is 2. The molecule has 0 aromatic carbocycles. The molecular weight excluding hydrogens is 238 g/mol. The van der Waals surface area contributed by atoms with E-state index in [1.807, 2.05) is 0 Å². The van der Waals surface area contributed by atoms with Gasteiger partial charge >= 0.3 is 5.97 Å². The fourth-order valence-corrected chi connectivity index (χ4v) is 1.86. The van der Waals surface area contributed by atoms with E-state index < -0.39 is 5.97 Å². The number of amides is 1. The number of rotatable bonds is 4. The highest BCUT2D eigenvalue weighted by atomic mass is 16.5. The fourth-order valence-electron chi connectivity index (χ4n) is 1.86. The van der Waals surface area contributed by atoms with Crippen LogP contribution in [0.5, 0.6) is 5.88 Å². The first-order valence-corrected chi connectivity index (χ1v) is 5.86. The number of likely N-dealkylation sites (tertiary alicyclic amines) is 1. The van der Waals surface area contributed by atoms with Crippen molar-refractivity contribution >= 4 is 11.9 Å². The van der Waals surface area contributed by atoms with Gasteiger partial charge in [-0.25, -0.2) is 4.79 Å². The predicted molar refractivity (Wildman–Crippen MR) is 61.5 cm³/mol. The number of H-pyrrole nitrogens is 1. The molecule has 1 aromatic rings. The molecule has 1 aliphatic heterocycles. The number of hydrogen-bond acceptors (Lipinski definition) is 4. The van der Waals surface area contributed by atoms with Crippen LogP contribution in [-0.4, -0.2) is 51.8 Å². The van der Waals surface area contributed by atoms with Crippen molar-refractivity contribution in [3.8, 4) is 5.88 Å². The maximum atomic E-state index is 11.8. The Morgan fingerprint density at radius 1 is 1.39 bits per heavy atom. The molecule has 0 saturated carbocycles. The van der Waals surface area contributed by atoms with E-state index >= 15 is 0 Å². The number of nitrogens with zero attached hydrogens (tertiary/aromatic N) is 2. The van der Waals surface area contributed by atoms with Crippen LogP contribution in [-0.2, 0) is 4.79 Å². The molecule has 0 bridgehead atoms. The Morgan fingerprint density at radius 2 is 2.11 bits per heavy atom. The normalized spacial score (nSPS) is 15.4. The molecule has 0 atom stereocenters. The number of carbonyl (C=O) groups is 2. The molecule has 98 valence electrons. The number of piperidine rings is 1. The van der Waals surface area contributed by atoms with Gasteiger partial charge in [0, 0.05) is 19.2 Å². The lowest BCUT2D eigenvalue weighted by molar-refractivity contribution is -0.134. The van der Waals surface area contributed by atoms with Crippen LogP contribution in [0.15, 0.2) is 6.07 Å². The smallest absolute Gasteiger partial charge is 0.354 e. The number of carboxylic acid groups (broad SMARTS) is 1. The fraction of sp³-hybridized carbons (Fsp3) is 0.545. The SMILES string of the molecule is O=C(O)c1cc(OCC(=O)N2CCCCC2)n[nH]1. The van der Waals surface area contributed by atoms with Gasteiger partial charge in [0.15, 0.2) is 6.61 Å². The number of aromatic amines is 1. The van der Waals surface area contributed by atoms with Crippen LogP contribution < -0.4 is 4.74 Å². The van der Waals surface area contributed by atoms with E-state index in [0.717, 1.165) is 32.4 Å². The third-order valence-electron chi connectivity index (χ3n) is 2.84. The molecule has 1 amide bonds. The van der Waals surface area contributed by atoms with Gasteiger partial charge in [-0.3, -0.25) is 9.89 Å². The predicted octanol–water partition coefficient (Wildman–Crippen LogP) is 0.499. The quantitative estimate of drug-likeness (QED) is 0.814. The average molecular weight is 253 g/mol. The minimum Gasteiger partial charge on any atom is -0.477 e. The van der Waals surface area contributed by atoms with Gasteiger partial charge in [-0.1, -0.05) is 0 Å². The van der Waals surface area contributed by atoms with Crippen molar-refractivity contribution in [2.75, 3.05) is 19.7 Å². The molecule has 0 spiro atoms.